The minimum atomic E-state index is -1.32. The highest BCUT2D eigenvalue weighted by molar-refractivity contribution is 5.83. The molecule has 3 aromatic carbocycles. The summed E-state index contributed by atoms with van der Waals surface area (Å²) in [5, 5.41) is 24.4. The summed E-state index contributed by atoms with van der Waals surface area (Å²) >= 11 is 0. The number of pyridine rings is 1. The van der Waals surface area contributed by atoms with E-state index in [1.165, 1.54) is 0 Å². The number of nitriles is 1. The van der Waals surface area contributed by atoms with Crippen LogP contribution in [-0.2, 0) is 16.8 Å². The Balaban J connectivity index is 1.39. The third-order valence-electron chi connectivity index (χ3n) is 6.82. The number of amides is 1. The number of rotatable bonds is 7. The summed E-state index contributed by atoms with van der Waals surface area (Å²) in [6.45, 7) is 3.63. The molecule has 0 saturated heterocycles. The largest absolute Gasteiger partial charge is 0.458 e. The fourth-order valence-electron chi connectivity index (χ4n) is 4.71. The number of aliphatic hydroxyl groups is 1. The van der Waals surface area contributed by atoms with Crippen molar-refractivity contribution in [2.75, 3.05) is 0 Å². The van der Waals surface area contributed by atoms with Gasteiger partial charge < -0.3 is 14.8 Å². The lowest BCUT2D eigenvalue weighted by Crippen LogP contribution is -2.31. The molecule has 5 aromatic rings. The molecule has 6 heteroatoms. The van der Waals surface area contributed by atoms with Crippen molar-refractivity contribution in [2.24, 2.45) is 0 Å². The van der Waals surface area contributed by atoms with E-state index in [0.717, 1.165) is 27.6 Å². The van der Waals surface area contributed by atoms with Crippen molar-refractivity contribution in [1.82, 2.24) is 10.3 Å². The van der Waals surface area contributed by atoms with Gasteiger partial charge in [-0.1, -0.05) is 42.5 Å². The van der Waals surface area contributed by atoms with Crippen LogP contribution in [0, 0.1) is 18.3 Å². The van der Waals surface area contributed by atoms with Gasteiger partial charge in [-0.25, -0.2) is 0 Å². The lowest BCUT2D eigenvalue weighted by Gasteiger charge is -2.22. The van der Waals surface area contributed by atoms with Gasteiger partial charge in [-0.05, 0) is 84.1 Å². The zero-order valence-electron chi connectivity index (χ0n) is 21.2. The molecule has 38 heavy (non-hydrogen) atoms. The minimum absolute atomic E-state index is 0.130. The van der Waals surface area contributed by atoms with E-state index < -0.39 is 5.60 Å². The van der Waals surface area contributed by atoms with Crippen LogP contribution in [-0.4, -0.2) is 16.0 Å². The SMILES string of the molecule is Cc1cc(C#N)ccc1C(NC(=O)Cc1ccc2oc(C(C)(O)c3ccncc3)cc2c1)c1ccccc1. The smallest absolute Gasteiger partial charge is 0.225 e. The average molecular weight is 502 g/mol. The van der Waals surface area contributed by atoms with Gasteiger partial charge >= 0.3 is 0 Å². The topological polar surface area (TPSA) is 99.2 Å². The van der Waals surface area contributed by atoms with Crippen LogP contribution < -0.4 is 5.32 Å². The molecule has 0 bridgehead atoms. The lowest BCUT2D eigenvalue weighted by molar-refractivity contribution is -0.120. The van der Waals surface area contributed by atoms with Crippen molar-refractivity contribution in [1.29, 1.82) is 5.26 Å². The summed E-state index contributed by atoms with van der Waals surface area (Å²) in [5.74, 6) is 0.287. The highest BCUT2D eigenvalue weighted by Gasteiger charge is 2.30. The van der Waals surface area contributed by atoms with Crippen LogP contribution in [0.4, 0.5) is 0 Å². The molecule has 2 unspecified atom stereocenters. The molecule has 0 fully saturated rings. The molecule has 0 spiro atoms. The van der Waals surface area contributed by atoms with Crippen LogP contribution in [0.2, 0.25) is 0 Å². The normalized spacial score (nSPS) is 13.4. The third-order valence-corrected chi connectivity index (χ3v) is 6.82. The van der Waals surface area contributed by atoms with E-state index >= 15 is 0 Å². The molecule has 188 valence electrons. The number of benzene rings is 3. The number of aromatic nitrogens is 1. The first-order chi connectivity index (χ1) is 18.3. The molecule has 2 aromatic heterocycles. The van der Waals surface area contributed by atoms with Crippen molar-refractivity contribution in [3.05, 3.63) is 136 Å². The first-order valence-electron chi connectivity index (χ1n) is 12.4. The summed E-state index contributed by atoms with van der Waals surface area (Å²) < 4.78 is 5.97. The summed E-state index contributed by atoms with van der Waals surface area (Å²) in [7, 11) is 0. The Labute approximate surface area is 221 Å². The van der Waals surface area contributed by atoms with Crippen LogP contribution in [0.25, 0.3) is 11.0 Å². The zero-order valence-corrected chi connectivity index (χ0v) is 21.2. The Morgan fingerprint density at radius 1 is 1.05 bits per heavy atom. The maximum atomic E-state index is 13.3. The van der Waals surface area contributed by atoms with Gasteiger partial charge in [-0.3, -0.25) is 9.78 Å². The monoisotopic (exact) mass is 501 g/mol. The molecule has 0 aliphatic carbocycles. The molecule has 0 aliphatic heterocycles. The van der Waals surface area contributed by atoms with Gasteiger partial charge in [-0.2, -0.15) is 5.26 Å². The molecular formula is C32H27N3O3. The summed E-state index contributed by atoms with van der Waals surface area (Å²) in [5.41, 5.74) is 4.24. The maximum absolute atomic E-state index is 13.3. The Bertz CT molecular complexity index is 1630. The van der Waals surface area contributed by atoms with Gasteiger partial charge in [0.1, 0.15) is 16.9 Å². The molecule has 1 amide bonds. The summed E-state index contributed by atoms with van der Waals surface area (Å²) in [6, 6.07) is 28.0. The van der Waals surface area contributed by atoms with Gasteiger partial charge in [0.2, 0.25) is 5.91 Å². The molecule has 5 rings (SSSR count). The number of hydrogen-bond acceptors (Lipinski definition) is 5. The van der Waals surface area contributed by atoms with Crippen molar-refractivity contribution in [3.8, 4) is 6.07 Å². The number of aryl methyl sites for hydroxylation is 1. The highest BCUT2D eigenvalue weighted by atomic mass is 16.4. The van der Waals surface area contributed by atoms with Gasteiger partial charge in [0.25, 0.3) is 0 Å². The quantitative estimate of drug-likeness (QED) is 0.298. The molecular weight excluding hydrogens is 474 g/mol. The second kappa shape index (κ2) is 10.3. The van der Waals surface area contributed by atoms with Crippen LogP contribution in [0.5, 0.6) is 0 Å². The van der Waals surface area contributed by atoms with Gasteiger partial charge in [-0.15, -0.1) is 0 Å². The van der Waals surface area contributed by atoms with Gasteiger partial charge in [0.15, 0.2) is 0 Å². The van der Waals surface area contributed by atoms with Crippen molar-refractivity contribution in [2.45, 2.75) is 31.9 Å². The van der Waals surface area contributed by atoms with Crippen LogP contribution in [0.1, 0.15) is 52.1 Å². The number of nitrogens with one attached hydrogen (secondary N) is 1. The van der Waals surface area contributed by atoms with Crippen molar-refractivity contribution >= 4 is 16.9 Å². The second-order valence-corrected chi connectivity index (χ2v) is 9.56. The van der Waals surface area contributed by atoms with E-state index in [0.29, 0.717) is 22.5 Å². The van der Waals surface area contributed by atoms with Crippen LogP contribution >= 0.6 is 0 Å². The lowest BCUT2D eigenvalue weighted by atomic mass is 9.93. The number of nitrogens with zero attached hydrogens (tertiary/aromatic N) is 2. The third kappa shape index (κ3) is 5.06. The Morgan fingerprint density at radius 3 is 2.53 bits per heavy atom. The minimum Gasteiger partial charge on any atom is -0.458 e. The second-order valence-electron chi connectivity index (χ2n) is 9.56. The number of carbonyl (C=O) groups is 1. The average Bonchev–Trinajstić information content (AvgIpc) is 3.37. The first kappa shape index (κ1) is 24.9. The van der Waals surface area contributed by atoms with Crippen molar-refractivity contribution < 1.29 is 14.3 Å². The zero-order chi connectivity index (χ0) is 26.7. The van der Waals surface area contributed by atoms with Gasteiger partial charge in [0.05, 0.1) is 24.1 Å². The van der Waals surface area contributed by atoms with Gasteiger partial charge in [0, 0.05) is 17.8 Å². The van der Waals surface area contributed by atoms with E-state index in [1.54, 1.807) is 37.5 Å². The van der Waals surface area contributed by atoms with Crippen LogP contribution in [0.15, 0.2) is 102 Å². The van der Waals surface area contributed by atoms with E-state index in [1.807, 2.05) is 73.7 Å². The number of fused-ring (bicyclic) bond motifs is 1. The molecule has 0 radical (unpaired) electrons. The molecule has 2 heterocycles. The van der Waals surface area contributed by atoms with E-state index in [2.05, 4.69) is 16.4 Å². The number of hydrogen-bond donors (Lipinski definition) is 2. The fraction of sp³-hybridized carbons (Fsp3) is 0.156. The first-order valence-corrected chi connectivity index (χ1v) is 12.4. The molecule has 0 saturated carbocycles. The fourth-order valence-corrected chi connectivity index (χ4v) is 4.71. The van der Waals surface area contributed by atoms with Crippen molar-refractivity contribution in [3.63, 3.8) is 0 Å². The predicted octanol–water partition coefficient (Wildman–Crippen LogP) is 5.71. The Hall–Kier alpha value is -4.73. The molecule has 2 N–H and O–H groups in total. The molecule has 6 nitrogen and oxygen atoms in total. The van der Waals surface area contributed by atoms with E-state index in [4.69, 9.17) is 4.42 Å². The standard InChI is InChI=1S/C32H27N3O3/c1-21-16-23(20-33)8-10-27(21)31(24-6-4-3-5-7-24)35-30(36)18-22-9-11-28-25(17-22)19-29(38-28)32(2,37)26-12-14-34-15-13-26/h3-17,19,31,37H,18H2,1-2H3,(H,35,36). The molecule has 0 aliphatic rings. The number of furan rings is 1. The van der Waals surface area contributed by atoms with E-state index in [9.17, 15) is 15.2 Å². The highest BCUT2D eigenvalue weighted by Crippen LogP contribution is 2.33. The Morgan fingerprint density at radius 2 is 1.82 bits per heavy atom. The predicted molar refractivity (Wildman–Crippen MR) is 145 cm³/mol. The summed E-state index contributed by atoms with van der Waals surface area (Å²) in [4.78, 5) is 17.3. The molecule has 2 atom stereocenters. The number of carbonyl (C=O) groups excluding carboxylic acids is 1. The maximum Gasteiger partial charge on any atom is 0.225 e. The van der Waals surface area contributed by atoms with Crippen LogP contribution in [0.3, 0.4) is 0 Å². The van der Waals surface area contributed by atoms with E-state index in [-0.39, 0.29) is 18.4 Å². The Kier molecular flexibility index (Phi) is 6.78. The summed E-state index contributed by atoms with van der Waals surface area (Å²) in [6.07, 6.45) is 3.44.